The summed E-state index contributed by atoms with van der Waals surface area (Å²) in [6, 6.07) is 18.1. The van der Waals surface area contributed by atoms with Crippen LogP contribution in [-0.4, -0.2) is 0 Å². The Kier molecular flexibility index (Phi) is 13.1. The number of unbranched alkanes of at least 4 members (excludes halogenated alkanes) is 4. The highest BCUT2D eigenvalue weighted by atomic mass is 32.1. The van der Waals surface area contributed by atoms with E-state index >= 15 is 0 Å². The van der Waals surface area contributed by atoms with Crippen molar-refractivity contribution in [1.29, 1.82) is 0 Å². The molecule has 0 nitrogen and oxygen atoms in total. The molecule has 0 unspecified atom stereocenters. The summed E-state index contributed by atoms with van der Waals surface area (Å²) < 4.78 is 0. The highest BCUT2D eigenvalue weighted by Crippen LogP contribution is 2.48. The predicted octanol–water partition coefficient (Wildman–Crippen LogP) is 15.5. The van der Waals surface area contributed by atoms with E-state index in [-0.39, 0.29) is 0 Å². The van der Waals surface area contributed by atoms with Crippen molar-refractivity contribution in [3.8, 4) is 50.9 Å². The standard InChI is InChI=1S/C42H46S6/c1-5-9-15-31-33(17-11-7-3)41(47-39(31)35-19-13-27-43-35)37-25-23-29(45-37)21-22-30-24-26-38(46-30)42-34(18-12-8-4)32(16-10-6-2)40(48-42)36-20-14-28-44-36/h13-14,19-20,23-28H,5-12,15-18H2,1-4H3. The van der Waals surface area contributed by atoms with E-state index in [1.807, 2.05) is 68.0 Å². The van der Waals surface area contributed by atoms with Gasteiger partial charge in [-0.2, -0.15) is 0 Å². The molecule has 6 aromatic heterocycles. The van der Waals surface area contributed by atoms with E-state index in [1.165, 1.54) is 116 Å². The van der Waals surface area contributed by atoms with Gasteiger partial charge in [-0.15, -0.1) is 68.0 Å². The zero-order valence-electron chi connectivity index (χ0n) is 28.7. The van der Waals surface area contributed by atoms with Crippen LogP contribution in [0.15, 0.2) is 59.3 Å². The summed E-state index contributed by atoms with van der Waals surface area (Å²) in [5.41, 5.74) is 6.40. The maximum absolute atomic E-state index is 3.57. The Labute approximate surface area is 312 Å². The first-order valence-corrected chi connectivity index (χ1v) is 22.8. The van der Waals surface area contributed by atoms with E-state index in [9.17, 15) is 0 Å². The number of rotatable bonds is 16. The molecule has 250 valence electrons. The van der Waals surface area contributed by atoms with Crippen LogP contribution in [-0.2, 0) is 25.7 Å². The summed E-state index contributed by atoms with van der Waals surface area (Å²) in [5.74, 6) is 7.14. The van der Waals surface area contributed by atoms with Gasteiger partial charge in [0.1, 0.15) is 0 Å². The van der Waals surface area contributed by atoms with Crippen LogP contribution in [0.4, 0.5) is 0 Å². The third-order valence-electron chi connectivity index (χ3n) is 8.81. The van der Waals surface area contributed by atoms with Crippen molar-refractivity contribution >= 4 is 68.0 Å². The molecule has 0 saturated carbocycles. The first kappa shape index (κ1) is 35.6. The van der Waals surface area contributed by atoms with Gasteiger partial charge in [0.05, 0.1) is 9.75 Å². The van der Waals surface area contributed by atoms with Crippen LogP contribution in [0.2, 0.25) is 0 Å². The van der Waals surface area contributed by atoms with Crippen molar-refractivity contribution in [2.24, 2.45) is 0 Å². The van der Waals surface area contributed by atoms with Crippen molar-refractivity contribution in [3.63, 3.8) is 0 Å². The van der Waals surface area contributed by atoms with Crippen molar-refractivity contribution < 1.29 is 0 Å². The maximum atomic E-state index is 3.57. The Bertz CT molecular complexity index is 1780. The third kappa shape index (κ3) is 8.20. The quantitative estimate of drug-likeness (QED) is 0.0866. The summed E-state index contributed by atoms with van der Waals surface area (Å²) in [6.07, 6.45) is 14.6. The van der Waals surface area contributed by atoms with Gasteiger partial charge in [0.25, 0.3) is 0 Å². The lowest BCUT2D eigenvalue weighted by Gasteiger charge is -2.08. The molecule has 0 N–H and O–H groups in total. The van der Waals surface area contributed by atoms with Crippen LogP contribution in [0.1, 0.15) is 111 Å². The van der Waals surface area contributed by atoms with Gasteiger partial charge in [-0.05, 0) is 133 Å². The molecule has 0 atom stereocenters. The number of thiophene rings is 6. The minimum atomic E-state index is 1.16. The molecule has 0 aliphatic carbocycles. The van der Waals surface area contributed by atoms with Crippen LogP contribution in [0.5, 0.6) is 0 Å². The molecule has 6 rings (SSSR count). The SMILES string of the molecule is CCCCc1c(-c2cccs2)sc(-c2ccc(C#Cc3ccc(-c4sc(-c5cccs5)c(CCCC)c4CCCC)s3)s2)c1CCCC. The van der Waals surface area contributed by atoms with Gasteiger partial charge < -0.3 is 0 Å². The highest BCUT2D eigenvalue weighted by Gasteiger charge is 2.23. The molecule has 6 heteroatoms. The van der Waals surface area contributed by atoms with Gasteiger partial charge in [-0.25, -0.2) is 0 Å². The Morgan fingerprint density at radius 3 is 1.08 bits per heavy atom. The Hall–Kier alpha value is -2.24. The molecule has 6 heterocycles. The van der Waals surface area contributed by atoms with Crippen molar-refractivity contribution in [2.75, 3.05) is 0 Å². The molecular formula is C42H46S6. The van der Waals surface area contributed by atoms with E-state index in [1.54, 1.807) is 22.3 Å². The fourth-order valence-corrected chi connectivity index (χ4v) is 12.8. The Morgan fingerprint density at radius 1 is 0.417 bits per heavy atom. The van der Waals surface area contributed by atoms with Gasteiger partial charge in [0, 0.05) is 39.0 Å². The van der Waals surface area contributed by atoms with E-state index in [4.69, 9.17) is 0 Å². The van der Waals surface area contributed by atoms with Crippen LogP contribution in [0, 0.1) is 11.8 Å². The normalized spacial score (nSPS) is 11.3. The summed E-state index contributed by atoms with van der Waals surface area (Å²) in [6.45, 7) is 9.24. The second-order valence-corrected chi connectivity index (χ2v) is 18.5. The highest BCUT2D eigenvalue weighted by molar-refractivity contribution is 7.27. The zero-order chi connectivity index (χ0) is 33.3. The molecule has 0 fully saturated rings. The molecule has 0 radical (unpaired) electrons. The van der Waals surface area contributed by atoms with E-state index in [2.05, 4.69) is 98.8 Å². The van der Waals surface area contributed by atoms with E-state index < -0.39 is 0 Å². The minimum absolute atomic E-state index is 1.16. The molecule has 0 bridgehead atoms. The fourth-order valence-electron chi connectivity index (χ4n) is 6.26. The minimum Gasteiger partial charge on any atom is -0.143 e. The average Bonchev–Trinajstić information content (AvgIpc) is 3.95. The summed E-state index contributed by atoms with van der Waals surface area (Å²) in [5, 5.41) is 4.44. The van der Waals surface area contributed by atoms with Gasteiger partial charge in [-0.1, -0.05) is 65.5 Å². The lowest BCUT2D eigenvalue weighted by molar-refractivity contribution is 0.764. The first-order valence-electron chi connectivity index (χ1n) is 17.7. The molecule has 48 heavy (non-hydrogen) atoms. The topological polar surface area (TPSA) is 0 Å². The lowest BCUT2D eigenvalue weighted by Crippen LogP contribution is -1.94. The lowest BCUT2D eigenvalue weighted by atomic mass is 9.97. The summed E-state index contributed by atoms with van der Waals surface area (Å²) in [4.78, 5) is 13.9. The number of hydrogen-bond donors (Lipinski definition) is 0. The molecule has 0 spiro atoms. The molecule has 6 aromatic rings. The monoisotopic (exact) mass is 742 g/mol. The molecule has 0 aromatic carbocycles. The summed E-state index contributed by atoms with van der Waals surface area (Å²) >= 11 is 11.5. The molecule has 0 amide bonds. The van der Waals surface area contributed by atoms with Crippen LogP contribution in [0.3, 0.4) is 0 Å². The fraction of sp³-hybridized carbons (Fsp3) is 0.381. The zero-order valence-corrected chi connectivity index (χ0v) is 33.6. The van der Waals surface area contributed by atoms with Crippen molar-refractivity contribution in [2.45, 2.75) is 105 Å². The van der Waals surface area contributed by atoms with E-state index in [0.717, 1.165) is 9.75 Å². The van der Waals surface area contributed by atoms with Gasteiger partial charge in [0.2, 0.25) is 0 Å². The van der Waals surface area contributed by atoms with Gasteiger partial charge in [-0.3, -0.25) is 0 Å². The van der Waals surface area contributed by atoms with Crippen molar-refractivity contribution in [1.82, 2.24) is 0 Å². The van der Waals surface area contributed by atoms with Gasteiger partial charge in [0.15, 0.2) is 0 Å². The van der Waals surface area contributed by atoms with Gasteiger partial charge >= 0.3 is 0 Å². The largest absolute Gasteiger partial charge is 0.143 e. The van der Waals surface area contributed by atoms with E-state index in [0.29, 0.717) is 0 Å². The maximum Gasteiger partial charge on any atom is 0.0779 e. The van der Waals surface area contributed by atoms with Crippen LogP contribution >= 0.6 is 68.0 Å². The van der Waals surface area contributed by atoms with Crippen LogP contribution < -0.4 is 0 Å². The average molecular weight is 743 g/mol. The first-order chi connectivity index (χ1) is 23.6. The smallest absolute Gasteiger partial charge is 0.0779 e. The van der Waals surface area contributed by atoms with Crippen LogP contribution in [0.25, 0.3) is 39.0 Å². The predicted molar refractivity (Wildman–Crippen MR) is 222 cm³/mol. The third-order valence-corrected chi connectivity index (χ3v) is 15.8. The second kappa shape index (κ2) is 17.6. The second-order valence-electron chi connectivity index (χ2n) is 12.4. The Balaban J connectivity index is 1.30. The molecular weight excluding hydrogens is 697 g/mol. The Morgan fingerprint density at radius 2 is 0.771 bits per heavy atom. The molecule has 0 aliphatic rings. The molecule has 0 saturated heterocycles. The molecule has 0 aliphatic heterocycles. The summed E-state index contributed by atoms with van der Waals surface area (Å²) in [7, 11) is 0. The van der Waals surface area contributed by atoms with Crippen molar-refractivity contribution in [3.05, 3.63) is 91.3 Å². The number of hydrogen-bond acceptors (Lipinski definition) is 6.